The summed E-state index contributed by atoms with van der Waals surface area (Å²) in [6, 6.07) is 5.87. The van der Waals surface area contributed by atoms with Crippen LogP contribution in [-0.2, 0) is 14.8 Å². The van der Waals surface area contributed by atoms with Gasteiger partial charge in [-0.25, -0.2) is 18.1 Å². The molecule has 0 aromatic carbocycles. The Morgan fingerprint density at radius 2 is 2.26 bits per heavy atom. The Balaban J connectivity index is 1.72. The van der Waals surface area contributed by atoms with E-state index in [1.165, 1.54) is 0 Å². The summed E-state index contributed by atoms with van der Waals surface area (Å²) >= 11 is 0. The highest BCUT2D eigenvalue weighted by molar-refractivity contribution is 7.88. The standard InChI is InChI=1S/C15H24N4O3S/c1-23(21,22)18-9-7-15(20)17-11-13-5-4-10-19(12-13)14-6-2-3-8-16-14/h2-3,6,8,13,18H,4-5,7,9-12H2,1H3,(H,17,20)/t13-/m1/s1. The molecule has 1 amide bonds. The van der Waals surface area contributed by atoms with Crippen molar-refractivity contribution in [3.63, 3.8) is 0 Å². The Kier molecular flexibility index (Phi) is 6.35. The molecule has 0 aliphatic carbocycles. The Labute approximate surface area is 137 Å². The van der Waals surface area contributed by atoms with E-state index in [2.05, 4.69) is 19.9 Å². The fourth-order valence-electron chi connectivity index (χ4n) is 2.68. The summed E-state index contributed by atoms with van der Waals surface area (Å²) < 4.78 is 24.2. The largest absolute Gasteiger partial charge is 0.356 e. The van der Waals surface area contributed by atoms with Crippen LogP contribution in [0.4, 0.5) is 5.82 Å². The third kappa shape index (κ3) is 6.54. The molecule has 1 aromatic rings. The molecule has 1 saturated heterocycles. The topological polar surface area (TPSA) is 91.4 Å². The van der Waals surface area contributed by atoms with Gasteiger partial charge in [0.2, 0.25) is 15.9 Å². The average molecular weight is 340 g/mol. The van der Waals surface area contributed by atoms with Gasteiger partial charge in [-0.3, -0.25) is 4.79 Å². The van der Waals surface area contributed by atoms with Crippen LogP contribution in [0.3, 0.4) is 0 Å². The van der Waals surface area contributed by atoms with E-state index in [9.17, 15) is 13.2 Å². The number of nitrogens with zero attached hydrogens (tertiary/aromatic N) is 2. The van der Waals surface area contributed by atoms with E-state index in [1.54, 1.807) is 6.20 Å². The van der Waals surface area contributed by atoms with Gasteiger partial charge in [-0.05, 0) is 30.9 Å². The van der Waals surface area contributed by atoms with Crippen LogP contribution in [0.2, 0.25) is 0 Å². The molecule has 0 saturated carbocycles. The van der Waals surface area contributed by atoms with Crippen molar-refractivity contribution in [3.8, 4) is 0 Å². The molecule has 7 nitrogen and oxygen atoms in total. The van der Waals surface area contributed by atoms with Crippen molar-refractivity contribution in [3.05, 3.63) is 24.4 Å². The summed E-state index contributed by atoms with van der Waals surface area (Å²) in [5.41, 5.74) is 0. The Morgan fingerprint density at radius 1 is 1.43 bits per heavy atom. The van der Waals surface area contributed by atoms with Gasteiger partial charge in [-0.2, -0.15) is 0 Å². The lowest BCUT2D eigenvalue weighted by Gasteiger charge is -2.33. The lowest BCUT2D eigenvalue weighted by Crippen LogP contribution is -2.41. The highest BCUT2D eigenvalue weighted by Crippen LogP contribution is 2.20. The van der Waals surface area contributed by atoms with Crippen molar-refractivity contribution in [1.29, 1.82) is 0 Å². The predicted molar refractivity (Wildman–Crippen MR) is 89.6 cm³/mol. The summed E-state index contributed by atoms with van der Waals surface area (Å²) in [6.07, 6.45) is 5.18. The molecule has 1 aromatic heterocycles. The second kappa shape index (κ2) is 8.26. The first kappa shape index (κ1) is 17.7. The zero-order valence-electron chi connectivity index (χ0n) is 13.4. The first-order chi connectivity index (χ1) is 10.9. The van der Waals surface area contributed by atoms with Crippen LogP contribution in [0, 0.1) is 5.92 Å². The van der Waals surface area contributed by atoms with E-state index in [0.717, 1.165) is 38.0 Å². The Morgan fingerprint density at radius 3 is 2.96 bits per heavy atom. The van der Waals surface area contributed by atoms with Crippen LogP contribution in [0.1, 0.15) is 19.3 Å². The number of hydrogen-bond donors (Lipinski definition) is 2. The van der Waals surface area contributed by atoms with Gasteiger partial charge in [0.05, 0.1) is 6.26 Å². The summed E-state index contributed by atoms with van der Waals surface area (Å²) in [7, 11) is -3.24. The highest BCUT2D eigenvalue weighted by Gasteiger charge is 2.21. The second-order valence-electron chi connectivity index (χ2n) is 5.86. The van der Waals surface area contributed by atoms with E-state index in [0.29, 0.717) is 12.5 Å². The maximum Gasteiger partial charge on any atom is 0.221 e. The fraction of sp³-hybridized carbons (Fsp3) is 0.600. The molecule has 2 heterocycles. The predicted octanol–water partition coefficient (Wildman–Crippen LogP) is 0.354. The summed E-state index contributed by atoms with van der Waals surface area (Å²) in [5, 5.41) is 2.89. The van der Waals surface area contributed by atoms with E-state index < -0.39 is 10.0 Å². The molecule has 1 atom stereocenters. The lowest BCUT2D eigenvalue weighted by atomic mass is 9.98. The molecule has 0 unspecified atom stereocenters. The number of amides is 1. The highest BCUT2D eigenvalue weighted by atomic mass is 32.2. The normalized spacial score (nSPS) is 18.7. The number of piperidine rings is 1. The van der Waals surface area contributed by atoms with Gasteiger partial charge in [0.15, 0.2) is 0 Å². The van der Waals surface area contributed by atoms with Crippen LogP contribution >= 0.6 is 0 Å². The van der Waals surface area contributed by atoms with Gasteiger partial charge in [0, 0.05) is 38.8 Å². The van der Waals surface area contributed by atoms with Crippen LogP contribution in [0.5, 0.6) is 0 Å². The number of aromatic nitrogens is 1. The third-order valence-corrected chi connectivity index (χ3v) is 4.52. The molecule has 1 aliphatic rings. The summed E-state index contributed by atoms with van der Waals surface area (Å²) in [6.45, 7) is 2.61. The van der Waals surface area contributed by atoms with Gasteiger partial charge in [-0.15, -0.1) is 0 Å². The van der Waals surface area contributed by atoms with E-state index >= 15 is 0 Å². The number of pyridine rings is 1. The monoisotopic (exact) mass is 340 g/mol. The second-order valence-corrected chi connectivity index (χ2v) is 7.70. The van der Waals surface area contributed by atoms with Crippen LogP contribution in [-0.4, -0.2) is 51.7 Å². The lowest BCUT2D eigenvalue weighted by molar-refractivity contribution is -0.121. The Bertz CT molecular complexity index is 606. The molecule has 128 valence electrons. The number of hydrogen-bond acceptors (Lipinski definition) is 5. The van der Waals surface area contributed by atoms with Crippen LogP contribution in [0.15, 0.2) is 24.4 Å². The van der Waals surface area contributed by atoms with Crippen molar-refractivity contribution < 1.29 is 13.2 Å². The first-order valence-electron chi connectivity index (χ1n) is 7.81. The number of rotatable bonds is 7. The maximum atomic E-state index is 11.8. The van der Waals surface area contributed by atoms with E-state index in [4.69, 9.17) is 0 Å². The summed E-state index contributed by atoms with van der Waals surface area (Å²) in [5.74, 6) is 1.23. The first-order valence-corrected chi connectivity index (χ1v) is 9.70. The zero-order chi connectivity index (χ0) is 16.7. The molecule has 2 N–H and O–H groups in total. The smallest absolute Gasteiger partial charge is 0.221 e. The maximum absolute atomic E-state index is 11.8. The van der Waals surface area contributed by atoms with E-state index in [1.807, 2.05) is 18.2 Å². The van der Waals surface area contributed by atoms with Crippen molar-refractivity contribution in [1.82, 2.24) is 15.0 Å². The van der Waals surface area contributed by atoms with Gasteiger partial charge in [0.25, 0.3) is 0 Å². The van der Waals surface area contributed by atoms with Gasteiger partial charge in [-0.1, -0.05) is 6.07 Å². The fourth-order valence-corrected chi connectivity index (χ4v) is 3.15. The molecular formula is C15H24N4O3S. The number of carbonyl (C=O) groups is 1. The number of carbonyl (C=O) groups excluding carboxylic acids is 1. The molecular weight excluding hydrogens is 316 g/mol. The van der Waals surface area contributed by atoms with Crippen molar-refractivity contribution in [2.75, 3.05) is 37.3 Å². The quantitative estimate of drug-likeness (QED) is 0.747. The van der Waals surface area contributed by atoms with Gasteiger partial charge in [0.1, 0.15) is 5.82 Å². The number of nitrogens with one attached hydrogen (secondary N) is 2. The molecule has 2 rings (SSSR count). The van der Waals surface area contributed by atoms with Crippen LogP contribution < -0.4 is 14.9 Å². The molecule has 8 heteroatoms. The molecule has 0 radical (unpaired) electrons. The van der Waals surface area contributed by atoms with Crippen molar-refractivity contribution in [2.45, 2.75) is 19.3 Å². The SMILES string of the molecule is CS(=O)(=O)NCCC(=O)NC[C@H]1CCCN(c2ccccn2)C1. The minimum absolute atomic E-state index is 0.129. The molecule has 0 spiro atoms. The average Bonchev–Trinajstić information content (AvgIpc) is 2.53. The molecule has 23 heavy (non-hydrogen) atoms. The minimum Gasteiger partial charge on any atom is -0.356 e. The molecule has 1 fully saturated rings. The molecule has 1 aliphatic heterocycles. The van der Waals surface area contributed by atoms with Crippen LogP contribution in [0.25, 0.3) is 0 Å². The van der Waals surface area contributed by atoms with E-state index in [-0.39, 0.29) is 18.9 Å². The van der Waals surface area contributed by atoms with Gasteiger partial charge < -0.3 is 10.2 Å². The minimum atomic E-state index is -3.24. The van der Waals surface area contributed by atoms with Crippen molar-refractivity contribution >= 4 is 21.7 Å². The zero-order valence-corrected chi connectivity index (χ0v) is 14.2. The summed E-state index contributed by atoms with van der Waals surface area (Å²) in [4.78, 5) is 18.4. The number of anilines is 1. The van der Waals surface area contributed by atoms with Gasteiger partial charge >= 0.3 is 0 Å². The third-order valence-electron chi connectivity index (χ3n) is 3.80. The molecule has 0 bridgehead atoms. The Hall–Kier alpha value is -1.67. The van der Waals surface area contributed by atoms with Crippen molar-refractivity contribution in [2.24, 2.45) is 5.92 Å². The number of sulfonamides is 1.